The normalized spacial score (nSPS) is 15.9. The summed E-state index contributed by atoms with van der Waals surface area (Å²) in [5, 5.41) is 6.13. The average molecular weight is 412 g/mol. The SMILES string of the molecule is Cc1ccc(N=C2C(=Nc3ccc(C)cc3)N(C(=O)Nc3ccc(C)cc3)N2C)cc1. The van der Waals surface area contributed by atoms with E-state index in [1.54, 1.807) is 12.1 Å². The first-order valence-electron chi connectivity index (χ1n) is 10.1. The molecule has 31 heavy (non-hydrogen) atoms. The lowest BCUT2D eigenvalue weighted by atomic mass is 10.2. The van der Waals surface area contributed by atoms with Gasteiger partial charge in [0.05, 0.1) is 11.4 Å². The highest BCUT2D eigenvalue weighted by molar-refractivity contribution is 6.48. The van der Waals surface area contributed by atoms with Crippen molar-refractivity contribution < 1.29 is 4.79 Å². The summed E-state index contributed by atoms with van der Waals surface area (Å²) in [6, 6.07) is 23.2. The number of amidine groups is 2. The molecule has 0 saturated carbocycles. The molecule has 156 valence electrons. The van der Waals surface area contributed by atoms with Gasteiger partial charge in [-0.2, -0.15) is 5.01 Å². The highest BCUT2D eigenvalue weighted by Gasteiger charge is 2.41. The van der Waals surface area contributed by atoms with Crippen LogP contribution in [0.2, 0.25) is 0 Å². The van der Waals surface area contributed by atoms with Crippen molar-refractivity contribution >= 4 is 34.8 Å². The van der Waals surface area contributed by atoms with Crippen LogP contribution in [0.1, 0.15) is 16.7 Å². The summed E-state index contributed by atoms with van der Waals surface area (Å²) >= 11 is 0. The number of likely N-dealkylation sites (N-methyl/N-ethyl adjacent to an activating group) is 1. The fourth-order valence-electron chi connectivity index (χ4n) is 3.18. The summed E-state index contributed by atoms with van der Waals surface area (Å²) in [4.78, 5) is 22.5. The molecule has 1 saturated heterocycles. The van der Waals surface area contributed by atoms with E-state index in [1.807, 2.05) is 93.6 Å². The van der Waals surface area contributed by atoms with E-state index in [9.17, 15) is 4.79 Å². The zero-order chi connectivity index (χ0) is 22.0. The summed E-state index contributed by atoms with van der Waals surface area (Å²) in [6.45, 7) is 6.07. The molecule has 1 aliphatic rings. The summed E-state index contributed by atoms with van der Waals surface area (Å²) in [6.07, 6.45) is 0. The summed E-state index contributed by atoms with van der Waals surface area (Å²) in [7, 11) is 1.80. The van der Waals surface area contributed by atoms with Crippen LogP contribution < -0.4 is 5.32 Å². The molecule has 6 nitrogen and oxygen atoms in total. The maximum Gasteiger partial charge on any atom is 0.347 e. The monoisotopic (exact) mass is 411 g/mol. The standard InChI is InChI=1S/C25H25N5O/c1-17-5-11-20(12-6-17)26-23-24(27-21-13-7-18(2)8-14-21)30(29(23)4)25(31)28-22-15-9-19(3)10-16-22/h5-16H,1-4H3,(H,28,31). The number of hydrogen-bond donors (Lipinski definition) is 1. The number of urea groups is 1. The van der Waals surface area contributed by atoms with E-state index >= 15 is 0 Å². The number of anilines is 1. The molecule has 0 bridgehead atoms. The van der Waals surface area contributed by atoms with Crippen molar-refractivity contribution in [2.75, 3.05) is 12.4 Å². The smallest absolute Gasteiger partial charge is 0.306 e. The molecule has 0 atom stereocenters. The van der Waals surface area contributed by atoms with Gasteiger partial charge in [-0.3, -0.25) is 5.01 Å². The lowest BCUT2D eigenvalue weighted by molar-refractivity contribution is 0.155. The maximum atomic E-state index is 13.0. The van der Waals surface area contributed by atoms with Crippen molar-refractivity contribution in [2.45, 2.75) is 20.8 Å². The fraction of sp³-hybridized carbons (Fsp3) is 0.160. The number of amides is 2. The van der Waals surface area contributed by atoms with Gasteiger partial charge in [-0.15, -0.1) is 0 Å². The van der Waals surface area contributed by atoms with Gasteiger partial charge in [0.25, 0.3) is 0 Å². The quantitative estimate of drug-likeness (QED) is 0.595. The Morgan fingerprint density at radius 2 is 1.10 bits per heavy atom. The molecule has 3 aromatic carbocycles. The Morgan fingerprint density at radius 1 is 0.677 bits per heavy atom. The van der Waals surface area contributed by atoms with Crippen molar-refractivity contribution in [3.05, 3.63) is 89.5 Å². The molecular weight excluding hydrogens is 386 g/mol. The third-order valence-corrected chi connectivity index (χ3v) is 5.04. The minimum Gasteiger partial charge on any atom is -0.306 e. The van der Waals surface area contributed by atoms with E-state index in [2.05, 4.69) is 5.32 Å². The van der Waals surface area contributed by atoms with Gasteiger partial charge in [0, 0.05) is 12.7 Å². The lowest BCUT2D eigenvalue weighted by Crippen LogP contribution is -2.67. The molecule has 2 amide bonds. The second-order valence-corrected chi connectivity index (χ2v) is 7.67. The molecule has 3 aromatic rings. The number of carbonyl (C=O) groups excluding carboxylic acids is 1. The molecule has 0 unspecified atom stereocenters. The minimum atomic E-state index is -0.292. The number of benzene rings is 3. The summed E-state index contributed by atoms with van der Waals surface area (Å²) in [5.41, 5.74) is 5.74. The predicted octanol–water partition coefficient (Wildman–Crippen LogP) is 5.77. The van der Waals surface area contributed by atoms with E-state index in [0.29, 0.717) is 11.7 Å². The van der Waals surface area contributed by atoms with Crippen LogP contribution >= 0.6 is 0 Å². The molecule has 0 spiro atoms. The van der Waals surface area contributed by atoms with Crippen molar-refractivity contribution in [3.8, 4) is 0 Å². The molecule has 1 fully saturated rings. The Kier molecular flexibility index (Phi) is 5.54. The van der Waals surface area contributed by atoms with Crippen LogP contribution in [-0.2, 0) is 0 Å². The number of rotatable bonds is 3. The van der Waals surface area contributed by atoms with Gasteiger partial charge in [0.1, 0.15) is 0 Å². The predicted molar refractivity (Wildman–Crippen MR) is 126 cm³/mol. The van der Waals surface area contributed by atoms with Crippen LogP contribution in [0.4, 0.5) is 21.9 Å². The Morgan fingerprint density at radius 3 is 1.58 bits per heavy atom. The second kappa shape index (κ2) is 8.44. The highest BCUT2D eigenvalue weighted by atomic mass is 16.2. The van der Waals surface area contributed by atoms with Crippen LogP contribution in [0, 0.1) is 20.8 Å². The van der Waals surface area contributed by atoms with Gasteiger partial charge < -0.3 is 5.32 Å². The van der Waals surface area contributed by atoms with E-state index in [0.717, 1.165) is 28.2 Å². The van der Waals surface area contributed by atoms with Crippen LogP contribution in [-0.4, -0.2) is 34.8 Å². The molecule has 4 rings (SSSR count). The molecule has 1 N–H and O–H groups in total. The largest absolute Gasteiger partial charge is 0.347 e. The van der Waals surface area contributed by atoms with Gasteiger partial charge in [-0.25, -0.2) is 14.8 Å². The van der Waals surface area contributed by atoms with Crippen LogP contribution in [0.15, 0.2) is 82.8 Å². The first-order chi connectivity index (χ1) is 14.9. The van der Waals surface area contributed by atoms with Gasteiger partial charge in [0.2, 0.25) is 5.84 Å². The Labute approximate surface area is 182 Å². The number of nitrogens with zero attached hydrogens (tertiary/aromatic N) is 4. The fourth-order valence-corrected chi connectivity index (χ4v) is 3.18. The number of aryl methyl sites for hydroxylation is 3. The molecule has 0 radical (unpaired) electrons. The number of nitrogens with one attached hydrogen (secondary N) is 1. The molecule has 1 aliphatic heterocycles. The van der Waals surface area contributed by atoms with E-state index in [-0.39, 0.29) is 6.03 Å². The third-order valence-electron chi connectivity index (χ3n) is 5.04. The minimum absolute atomic E-state index is 0.292. The average Bonchev–Trinajstić information content (AvgIpc) is 2.76. The van der Waals surface area contributed by atoms with Crippen LogP contribution in [0.3, 0.4) is 0 Å². The number of carbonyl (C=O) groups is 1. The van der Waals surface area contributed by atoms with Gasteiger partial charge in [-0.1, -0.05) is 53.1 Å². The molecule has 6 heteroatoms. The Balaban J connectivity index is 1.66. The van der Waals surface area contributed by atoms with Gasteiger partial charge >= 0.3 is 6.03 Å². The first-order valence-corrected chi connectivity index (χ1v) is 10.1. The summed E-state index contributed by atoms with van der Waals surface area (Å²) < 4.78 is 0. The highest BCUT2D eigenvalue weighted by Crippen LogP contribution is 2.25. The molecule has 1 heterocycles. The van der Waals surface area contributed by atoms with Crippen molar-refractivity contribution in [1.82, 2.24) is 10.0 Å². The second-order valence-electron chi connectivity index (χ2n) is 7.67. The van der Waals surface area contributed by atoms with Crippen molar-refractivity contribution in [2.24, 2.45) is 9.98 Å². The van der Waals surface area contributed by atoms with Crippen molar-refractivity contribution in [3.63, 3.8) is 0 Å². The molecule has 0 aliphatic carbocycles. The van der Waals surface area contributed by atoms with Crippen molar-refractivity contribution in [1.29, 1.82) is 0 Å². The number of hydrazine groups is 1. The molecule has 0 aromatic heterocycles. The third kappa shape index (κ3) is 4.48. The van der Waals surface area contributed by atoms with E-state index in [1.165, 1.54) is 10.6 Å². The van der Waals surface area contributed by atoms with E-state index in [4.69, 9.17) is 9.98 Å². The molecular formula is C25H25N5O. The Hall–Kier alpha value is -3.93. The van der Waals surface area contributed by atoms with Crippen LogP contribution in [0.25, 0.3) is 0 Å². The van der Waals surface area contributed by atoms with E-state index < -0.39 is 0 Å². The maximum absolute atomic E-state index is 13.0. The first kappa shape index (κ1) is 20.3. The zero-order valence-corrected chi connectivity index (χ0v) is 18.1. The zero-order valence-electron chi connectivity index (χ0n) is 18.1. The Bertz CT molecular complexity index is 1150. The topological polar surface area (TPSA) is 60.3 Å². The van der Waals surface area contributed by atoms with Crippen LogP contribution in [0.5, 0.6) is 0 Å². The van der Waals surface area contributed by atoms with Gasteiger partial charge in [0.15, 0.2) is 5.84 Å². The number of aliphatic imine (C=N–C) groups is 2. The lowest BCUT2D eigenvalue weighted by Gasteiger charge is -2.43. The number of hydrogen-bond acceptors (Lipinski definition) is 3. The summed E-state index contributed by atoms with van der Waals surface area (Å²) in [5.74, 6) is 1.13. The van der Waals surface area contributed by atoms with Gasteiger partial charge in [-0.05, 0) is 57.2 Å².